The topological polar surface area (TPSA) is 71.0 Å². The maximum atomic E-state index is 13.9. The van der Waals surface area contributed by atoms with Crippen LogP contribution in [0.25, 0.3) is 11.3 Å². The smallest absolute Gasteiger partial charge is 0.227 e. The molecule has 3 aromatic rings. The Hall–Kier alpha value is -2.87. The number of carbonyl (C=O) groups is 1. The van der Waals surface area contributed by atoms with Gasteiger partial charge in [0, 0.05) is 41.4 Å². The first kappa shape index (κ1) is 19.4. The Morgan fingerprint density at radius 3 is 2.48 bits per heavy atom. The molecule has 0 spiro atoms. The predicted molar refractivity (Wildman–Crippen MR) is 113 cm³/mol. The molecule has 148 valence electrons. The van der Waals surface area contributed by atoms with Crippen molar-refractivity contribution >= 4 is 33.3 Å². The van der Waals surface area contributed by atoms with Crippen LogP contribution in [0.4, 0.5) is 15.9 Å². The first-order valence-electron chi connectivity index (χ1n) is 9.35. The summed E-state index contributed by atoms with van der Waals surface area (Å²) in [6, 6.07) is 12.3. The van der Waals surface area contributed by atoms with Crippen molar-refractivity contribution in [2.24, 2.45) is 5.92 Å². The number of amides is 1. The van der Waals surface area contributed by atoms with Gasteiger partial charge in [0.25, 0.3) is 0 Å². The Labute approximate surface area is 176 Å². The Morgan fingerprint density at radius 2 is 1.83 bits per heavy atom. The molecule has 3 heterocycles. The second-order valence-corrected chi connectivity index (χ2v) is 7.80. The van der Waals surface area contributed by atoms with E-state index in [0.717, 1.165) is 17.1 Å². The van der Waals surface area contributed by atoms with Crippen molar-refractivity contribution in [1.82, 2.24) is 15.2 Å². The summed E-state index contributed by atoms with van der Waals surface area (Å²) in [5, 5.41) is 11.3. The average molecular weight is 456 g/mol. The summed E-state index contributed by atoms with van der Waals surface area (Å²) in [6.07, 6.45) is 4.80. The molecular formula is C21H19BrFN5O. The standard InChI is InChI=1S/C21H19BrFN5O/c22-16-1-2-19(17(23)13-16)25-21(29)15-7-11-28(12-8-15)20-4-3-18(26-27-20)14-5-9-24-10-6-14/h1-6,9-10,13,15H,7-8,11-12H2,(H,25,29). The second-order valence-electron chi connectivity index (χ2n) is 6.89. The highest BCUT2D eigenvalue weighted by Crippen LogP contribution is 2.25. The van der Waals surface area contributed by atoms with Gasteiger partial charge in [-0.3, -0.25) is 9.78 Å². The Morgan fingerprint density at radius 1 is 1.07 bits per heavy atom. The van der Waals surface area contributed by atoms with Crippen molar-refractivity contribution in [3.05, 3.63) is 65.1 Å². The van der Waals surface area contributed by atoms with Gasteiger partial charge in [-0.1, -0.05) is 15.9 Å². The van der Waals surface area contributed by atoms with E-state index in [1.165, 1.54) is 6.07 Å². The third-order valence-electron chi connectivity index (χ3n) is 5.01. The quantitative estimate of drug-likeness (QED) is 0.634. The third-order valence-corrected chi connectivity index (χ3v) is 5.50. The summed E-state index contributed by atoms with van der Waals surface area (Å²) in [5.41, 5.74) is 1.97. The minimum atomic E-state index is -0.449. The highest BCUT2D eigenvalue weighted by molar-refractivity contribution is 9.10. The molecular weight excluding hydrogens is 437 g/mol. The van der Waals surface area contributed by atoms with E-state index in [0.29, 0.717) is 30.4 Å². The molecule has 29 heavy (non-hydrogen) atoms. The first-order valence-corrected chi connectivity index (χ1v) is 10.1. The monoisotopic (exact) mass is 455 g/mol. The SMILES string of the molecule is O=C(Nc1ccc(Br)cc1F)C1CCN(c2ccc(-c3ccncc3)nn2)CC1. The number of anilines is 2. The number of nitrogens with one attached hydrogen (secondary N) is 1. The summed E-state index contributed by atoms with van der Waals surface area (Å²) >= 11 is 3.21. The zero-order chi connectivity index (χ0) is 20.2. The summed E-state index contributed by atoms with van der Waals surface area (Å²) in [7, 11) is 0. The van der Waals surface area contributed by atoms with Crippen molar-refractivity contribution in [2.45, 2.75) is 12.8 Å². The maximum absolute atomic E-state index is 13.9. The van der Waals surface area contributed by atoms with Crippen LogP contribution in [0.5, 0.6) is 0 Å². The number of piperidine rings is 1. The number of nitrogens with zero attached hydrogens (tertiary/aromatic N) is 4. The highest BCUT2D eigenvalue weighted by Gasteiger charge is 2.26. The van der Waals surface area contributed by atoms with Crippen molar-refractivity contribution < 1.29 is 9.18 Å². The molecule has 0 atom stereocenters. The summed E-state index contributed by atoms with van der Waals surface area (Å²) < 4.78 is 14.6. The van der Waals surface area contributed by atoms with Crippen molar-refractivity contribution in [3.8, 4) is 11.3 Å². The van der Waals surface area contributed by atoms with Gasteiger partial charge in [-0.05, 0) is 55.3 Å². The third kappa shape index (κ3) is 4.59. The molecule has 0 aliphatic carbocycles. The van der Waals surface area contributed by atoms with Gasteiger partial charge in [-0.25, -0.2) is 4.39 Å². The Balaban J connectivity index is 1.35. The summed E-state index contributed by atoms with van der Waals surface area (Å²) in [5.74, 6) is 0.0404. The lowest BCUT2D eigenvalue weighted by molar-refractivity contribution is -0.120. The van der Waals surface area contributed by atoms with Crippen LogP contribution < -0.4 is 10.2 Å². The average Bonchev–Trinajstić information content (AvgIpc) is 2.76. The molecule has 0 saturated carbocycles. The van der Waals surface area contributed by atoms with E-state index in [-0.39, 0.29) is 17.5 Å². The van der Waals surface area contributed by atoms with Crippen LogP contribution in [0.3, 0.4) is 0 Å². The fourth-order valence-corrected chi connectivity index (χ4v) is 3.70. The van der Waals surface area contributed by atoms with E-state index in [9.17, 15) is 9.18 Å². The number of halogens is 2. The molecule has 0 bridgehead atoms. The van der Waals surface area contributed by atoms with Crippen molar-refractivity contribution in [2.75, 3.05) is 23.3 Å². The number of pyridine rings is 1. The van der Waals surface area contributed by atoms with Crippen molar-refractivity contribution in [3.63, 3.8) is 0 Å². The number of hydrogen-bond donors (Lipinski definition) is 1. The van der Waals surface area contributed by atoms with E-state index in [1.54, 1.807) is 24.5 Å². The van der Waals surface area contributed by atoms with Gasteiger partial charge >= 0.3 is 0 Å². The van der Waals surface area contributed by atoms with Crippen LogP contribution in [-0.4, -0.2) is 34.2 Å². The second kappa shape index (κ2) is 8.65. The molecule has 1 amide bonds. The van der Waals surface area contributed by atoms with Gasteiger partial charge in [0.2, 0.25) is 5.91 Å². The Kier molecular flexibility index (Phi) is 5.80. The summed E-state index contributed by atoms with van der Waals surface area (Å²) in [6.45, 7) is 1.40. The molecule has 6 nitrogen and oxygen atoms in total. The zero-order valence-electron chi connectivity index (χ0n) is 15.6. The van der Waals surface area contributed by atoms with E-state index >= 15 is 0 Å². The number of benzene rings is 1. The maximum Gasteiger partial charge on any atom is 0.227 e. The number of aromatic nitrogens is 3. The minimum absolute atomic E-state index is 0.148. The fourth-order valence-electron chi connectivity index (χ4n) is 3.37. The lowest BCUT2D eigenvalue weighted by atomic mass is 9.95. The van der Waals surface area contributed by atoms with Gasteiger partial charge in [-0.2, -0.15) is 0 Å². The van der Waals surface area contributed by atoms with Gasteiger partial charge in [0.1, 0.15) is 5.82 Å². The van der Waals surface area contributed by atoms with Crippen LogP contribution in [0.15, 0.2) is 59.3 Å². The lowest BCUT2D eigenvalue weighted by Gasteiger charge is -2.31. The lowest BCUT2D eigenvalue weighted by Crippen LogP contribution is -2.38. The molecule has 1 aliphatic rings. The molecule has 1 aliphatic heterocycles. The molecule has 1 fully saturated rings. The van der Waals surface area contributed by atoms with E-state index in [4.69, 9.17) is 0 Å². The van der Waals surface area contributed by atoms with Crippen LogP contribution in [0.1, 0.15) is 12.8 Å². The minimum Gasteiger partial charge on any atom is -0.355 e. The molecule has 8 heteroatoms. The normalized spacial score (nSPS) is 14.6. The van der Waals surface area contributed by atoms with Gasteiger partial charge in [0.05, 0.1) is 11.4 Å². The van der Waals surface area contributed by atoms with Crippen molar-refractivity contribution in [1.29, 1.82) is 0 Å². The molecule has 2 aromatic heterocycles. The first-order chi connectivity index (χ1) is 14.1. The van der Waals surface area contributed by atoms with E-state index in [1.807, 2.05) is 24.3 Å². The van der Waals surface area contributed by atoms with Gasteiger partial charge in [0.15, 0.2) is 5.82 Å². The zero-order valence-corrected chi connectivity index (χ0v) is 17.1. The molecule has 1 N–H and O–H groups in total. The van der Waals surface area contributed by atoms with Crippen LogP contribution in [-0.2, 0) is 4.79 Å². The highest BCUT2D eigenvalue weighted by atomic mass is 79.9. The molecule has 1 aromatic carbocycles. The fraction of sp³-hybridized carbons (Fsp3) is 0.238. The van der Waals surface area contributed by atoms with Crippen LogP contribution in [0, 0.1) is 11.7 Å². The van der Waals surface area contributed by atoms with Crippen LogP contribution >= 0.6 is 15.9 Å². The summed E-state index contributed by atoms with van der Waals surface area (Å²) in [4.78, 5) is 18.6. The molecule has 1 saturated heterocycles. The number of rotatable bonds is 4. The number of carbonyl (C=O) groups excluding carboxylic acids is 1. The Bertz CT molecular complexity index is 992. The van der Waals surface area contributed by atoms with E-state index < -0.39 is 5.82 Å². The largest absolute Gasteiger partial charge is 0.355 e. The molecule has 4 rings (SSSR count). The van der Waals surface area contributed by atoms with E-state index in [2.05, 4.69) is 41.3 Å². The molecule has 0 radical (unpaired) electrons. The molecule has 0 unspecified atom stereocenters. The van der Waals surface area contributed by atoms with Crippen LogP contribution in [0.2, 0.25) is 0 Å². The van der Waals surface area contributed by atoms with Gasteiger partial charge in [-0.15, -0.1) is 10.2 Å². The van der Waals surface area contributed by atoms with Gasteiger partial charge < -0.3 is 10.2 Å². The predicted octanol–water partition coefficient (Wildman–Crippen LogP) is 4.30. The number of hydrogen-bond acceptors (Lipinski definition) is 5.